The number of thioether (sulfide) groups is 1. The summed E-state index contributed by atoms with van der Waals surface area (Å²) in [6, 6.07) is 7.79. The number of nitrogens with one attached hydrogen (secondary N) is 1. The molecule has 0 fully saturated rings. The topological polar surface area (TPSA) is 72.9 Å². The lowest BCUT2D eigenvalue weighted by atomic mass is 10.1. The fourth-order valence-corrected chi connectivity index (χ4v) is 4.02. The number of rotatable bonds is 3. The molecule has 0 aliphatic carbocycles. The number of hydrogen-bond acceptors (Lipinski definition) is 5. The van der Waals surface area contributed by atoms with E-state index in [0.717, 1.165) is 21.3 Å². The molecule has 1 aliphatic heterocycles. The van der Waals surface area contributed by atoms with Crippen LogP contribution in [0.4, 0.5) is 0 Å². The Bertz CT molecular complexity index is 901. The van der Waals surface area contributed by atoms with E-state index in [2.05, 4.69) is 26.2 Å². The maximum absolute atomic E-state index is 12.8. The Labute approximate surface area is 166 Å². The van der Waals surface area contributed by atoms with Crippen LogP contribution in [-0.2, 0) is 0 Å². The van der Waals surface area contributed by atoms with Crippen LogP contribution in [0.25, 0.3) is 11.3 Å². The molecule has 2 aromatic rings. The lowest BCUT2D eigenvalue weighted by Crippen LogP contribution is -2.21. The van der Waals surface area contributed by atoms with Crippen molar-refractivity contribution in [3.63, 3.8) is 0 Å². The molecule has 0 radical (unpaired) electrons. The molecular formula is C19H23BrN4OS. The van der Waals surface area contributed by atoms with Crippen molar-refractivity contribution in [3.05, 3.63) is 68.6 Å². The molecule has 5 nitrogen and oxygen atoms in total. The third kappa shape index (κ3) is 4.04. The fourth-order valence-electron chi connectivity index (χ4n) is 2.44. The van der Waals surface area contributed by atoms with Crippen molar-refractivity contribution >= 4 is 33.3 Å². The number of aryl methyl sites for hydroxylation is 1. The zero-order chi connectivity index (χ0) is 19.3. The predicted molar refractivity (Wildman–Crippen MR) is 114 cm³/mol. The SMILES string of the molecule is CC.CN/C=C(Br)\C(N)=C1/CSc2c1ncn(-c1ccc(C)cc1)c2=O. The van der Waals surface area contributed by atoms with E-state index in [1.807, 2.05) is 45.0 Å². The zero-order valence-corrected chi connectivity index (χ0v) is 17.7. The van der Waals surface area contributed by atoms with E-state index in [4.69, 9.17) is 5.73 Å². The second kappa shape index (κ2) is 9.09. The summed E-state index contributed by atoms with van der Waals surface area (Å²) in [6.07, 6.45) is 3.33. The van der Waals surface area contributed by atoms with Crippen LogP contribution >= 0.6 is 27.7 Å². The molecule has 0 atom stereocenters. The molecule has 3 rings (SSSR count). The average Bonchev–Trinajstić information content (AvgIpc) is 3.09. The Morgan fingerprint density at radius 2 is 2.00 bits per heavy atom. The van der Waals surface area contributed by atoms with Gasteiger partial charge in [-0.05, 0) is 35.0 Å². The Kier molecular flexibility index (Phi) is 7.11. The maximum atomic E-state index is 12.8. The molecule has 1 aromatic heterocycles. The van der Waals surface area contributed by atoms with Gasteiger partial charge in [0.05, 0.1) is 26.5 Å². The van der Waals surface area contributed by atoms with E-state index in [9.17, 15) is 4.79 Å². The van der Waals surface area contributed by atoms with Crippen molar-refractivity contribution in [1.29, 1.82) is 0 Å². The lowest BCUT2D eigenvalue weighted by molar-refractivity contribution is 0.884. The Balaban J connectivity index is 0.00000117. The van der Waals surface area contributed by atoms with Gasteiger partial charge in [-0.25, -0.2) is 4.98 Å². The van der Waals surface area contributed by atoms with Gasteiger partial charge in [0.25, 0.3) is 5.56 Å². The molecule has 0 spiro atoms. The van der Waals surface area contributed by atoms with Crippen molar-refractivity contribution in [2.75, 3.05) is 12.8 Å². The highest BCUT2D eigenvalue weighted by molar-refractivity contribution is 9.12. The summed E-state index contributed by atoms with van der Waals surface area (Å²) >= 11 is 4.91. The minimum Gasteiger partial charge on any atom is -0.397 e. The Morgan fingerprint density at radius 3 is 2.62 bits per heavy atom. The summed E-state index contributed by atoms with van der Waals surface area (Å²) in [5.74, 6) is 0.633. The highest BCUT2D eigenvalue weighted by Crippen LogP contribution is 2.38. The van der Waals surface area contributed by atoms with Crippen LogP contribution < -0.4 is 16.6 Å². The third-order valence-electron chi connectivity index (χ3n) is 3.74. The maximum Gasteiger partial charge on any atom is 0.272 e. The highest BCUT2D eigenvalue weighted by Gasteiger charge is 2.26. The van der Waals surface area contributed by atoms with Gasteiger partial charge in [0.15, 0.2) is 0 Å². The smallest absolute Gasteiger partial charge is 0.272 e. The molecule has 0 saturated carbocycles. The van der Waals surface area contributed by atoms with E-state index in [1.54, 1.807) is 24.1 Å². The van der Waals surface area contributed by atoms with Crippen LogP contribution in [0.15, 0.2) is 56.7 Å². The quantitative estimate of drug-likeness (QED) is 0.768. The summed E-state index contributed by atoms with van der Waals surface area (Å²) < 4.78 is 2.32. The van der Waals surface area contributed by atoms with E-state index in [0.29, 0.717) is 22.0 Å². The summed E-state index contributed by atoms with van der Waals surface area (Å²) in [6.45, 7) is 6.01. The number of nitrogens with two attached hydrogens (primary N) is 1. The number of nitrogens with zero attached hydrogens (tertiary/aromatic N) is 2. The monoisotopic (exact) mass is 434 g/mol. The van der Waals surface area contributed by atoms with E-state index < -0.39 is 0 Å². The standard InChI is InChI=1S/C17H17BrN4OS.C2H6/c1-10-3-5-11(6-4-10)22-9-21-15-12(8-24-16(15)17(22)23)14(19)13(18)7-20-2;1-2/h3-7,9,20H,8,19H2,1-2H3;1-2H3/b13-7+,14-12-;. The van der Waals surface area contributed by atoms with Crippen molar-refractivity contribution in [3.8, 4) is 5.69 Å². The van der Waals surface area contributed by atoms with Gasteiger partial charge in [0, 0.05) is 24.6 Å². The van der Waals surface area contributed by atoms with Crippen molar-refractivity contribution in [1.82, 2.24) is 14.9 Å². The van der Waals surface area contributed by atoms with Crippen LogP contribution in [-0.4, -0.2) is 22.4 Å². The minimum absolute atomic E-state index is 0.0645. The van der Waals surface area contributed by atoms with Crippen LogP contribution in [0.1, 0.15) is 25.1 Å². The number of fused-ring (bicyclic) bond motifs is 1. The van der Waals surface area contributed by atoms with Crippen LogP contribution in [0.2, 0.25) is 0 Å². The number of hydrogen-bond donors (Lipinski definition) is 2. The number of aromatic nitrogens is 2. The molecule has 0 unspecified atom stereocenters. The molecule has 3 N–H and O–H groups in total. The summed E-state index contributed by atoms with van der Waals surface area (Å²) in [7, 11) is 1.80. The van der Waals surface area contributed by atoms with Gasteiger partial charge < -0.3 is 11.1 Å². The molecule has 1 aliphatic rings. The first kappa shape index (κ1) is 20.3. The fraction of sp³-hybridized carbons (Fsp3) is 0.263. The van der Waals surface area contributed by atoms with Crippen LogP contribution in [0.5, 0.6) is 0 Å². The van der Waals surface area contributed by atoms with E-state index >= 15 is 0 Å². The van der Waals surface area contributed by atoms with Crippen molar-refractivity contribution in [2.24, 2.45) is 5.73 Å². The zero-order valence-electron chi connectivity index (χ0n) is 15.3. The summed E-state index contributed by atoms with van der Waals surface area (Å²) in [5, 5.41) is 2.93. The average molecular weight is 435 g/mol. The second-order valence-corrected chi connectivity index (χ2v) is 7.23. The van der Waals surface area contributed by atoms with Gasteiger partial charge >= 0.3 is 0 Å². The van der Waals surface area contributed by atoms with Crippen molar-refractivity contribution < 1.29 is 0 Å². The van der Waals surface area contributed by atoms with Gasteiger partial charge in [-0.15, -0.1) is 11.8 Å². The second-order valence-electron chi connectivity index (χ2n) is 5.39. The first-order valence-corrected chi connectivity index (χ1v) is 10.1. The molecular weight excluding hydrogens is 412 g/mol. The first-order chi connectivity index (χ1) is 12.5. The Hall–Kier alpha value is -1.99. The molecule has 0 saturated heterocycles. The summed E-state index contributed by atoms with van der Waals surface area (Å²) in [5.41, 5.74) is 10.2. The number of benzene rings is 1. The highest BCUT2D eigenvalue weighted by atomic mass is 79.9. The molecule has 138 valence electrons. The van der Waals surface area contributed by atoms with Gasteiger partial charge in [-0.2, -0.15) is 0 Å². The van der Waals surface area contributed by atoms with Crippen molar-refractivity contribution in [2.45, 2.75) is 25.7 Å². The molecule has 2 heterocycles. The first-order valence-electron chi connectivity index (χ1n) is 8.36. The van der Waals surface area contributed by atoms with Gasteiger partial charge in [0.2, 0.25) is 0 Å². The van der Waals surface area contributed by atoms with E-state index in [-0.39, 0.29) is 5.56 Å². The third-order valence-corrected chi connectivity index (χ3v) is 5.49. The largest absolute Gasteiger partial charge is 0.397 e. The molecule has 0 amide bonds. The van der Waals surface area contributed by atoms with Gasteiger partial charge in [-0.1, -0.05) is 31.5 Å². The molecule has 0 bridgehead atoms. The molecule has 1 aromatic carbocycles. The summed E-state index contributed by atoms with van der Waals surface area (Å²) in [4.78, 5) is 17.9. The predicted octanol–water partition coefficient (Wildman–Crippen LogP) is 3.80. The molecule has 7 heteroatoms. The van der Waals surface area contributed by atoms with E-state index in [1.165, 1.54) is 11.8 Å². The minimum atomic E-state index is -0.0645. The lowest BCUT2D eigenvalue weighted by Gasteiger charge is -2.09. The molecule has 26 heavy (non-hydrogen) atoms. The van der Waals surface area contributed by atoms with Gasteiger partial charge in [-0.3, -0.25) is 9.36 Å². The van der Waals surface area contributed by atoms with Crippen LogP contribution in [0.3, 0.4) is 0 Å². The Morgan fingerprint density at radius 1 is 1.35 bits per heavy atom. The number of halogens is 1. The van der Waals surface area contributed by atoms with Gasteiger partial charge in [0.1, 0.15) is 6.33 Å². The van der Waals surface area contributed by atoms with Crippen LogP contribution in [0, 0.1) is 6.92 Å². The number of allylic oxidation sites excluding steroid dienone is 1. The normalized spacial score (nSPS) is 15.0.